The van der Waals surface area contributed by atoms with E-state index in [1.165, 1.54) is 12.0 Å². The number of nitrogens with two attached hydrogens (primary N) is 1. The van der Waals surface area contributed by atoms with Crippen LogP contribution in [0.2, 0.25) is 0 Å². The summed E-state index contributed by atoms with van der Waals surface area (Å²) >= 11 is 0. The molecule has 0 saturated carbocycles. The molecule has 0 spiro atoms. The van der Waals surface area contributed by atoms with Crippen molar-refractivity contribution in [3.63, 3.8) is 0 Å². The molecule has 0 aliphatic heterocycles. The van der Waals surface area contributed by atoms with Crippen LogP contribution in [0.4, 0.5) is 0 Å². The molecule has 1 aliphatic rings. The molecule has 110 valence electrons. The Labute approximate surface area is 124 Å². The monoisotopic (exact) mass is 284 g/mol. The molecular formula is C17H20N2O2. The Morgan fingerprint density at radius 3 is 2.95 bits per heavy atom. The van der Waals surface area contributed by atoms with Crippen LogP contribution in [0.25, 0.3) is 0 Å². The highest BCUT2D eigenvalue weighted by Crippen LogP contribution is 2.29. The van der Waals surface area contributed by atoms with Crippen LogP contribution in [0, 0.1) is 0 Å². The lowest BCUT2D eigenvalue weighted by atomic mass is 10.1. The minimum atomic E-state index is 0.438. The van der Waals surface area contributed by atoms with Crippen LogP contribution in [0.3, 0.4) is 0 Å². The maximum absolute atomic E-state index is 5.97. The second kappa shape index (κ2) is 6.24. The van der Waals surface area contributed by atoms with E-state index in [1.54, 1.807) is 7.11 Å². The number of aryl methyl sites for hydroxylation is 2. The lowest BCUT2D eigenvalue weighted by molar-refractivity contribution is 0.184. The van der Waals surface area contributed by atoms with Crippen molar-refractivity contribution in [3.05, 3.63) is 52.7 Å². The van der Waals surface area contributed by atoms with Gasteiger partial charge in [-0.2, -0.15) is 0 Å². The third-order valence-electron chi connectivity index (χ3n) is 3.73. The lowest BCUT2D eigenvalue weighted by Gasteiger charge is -2.12. The number of rotatable bonds is 5. The van der Waals surface area contributed by atoms with Gasteiger partial charge in [0.15, 0.2) is 0 Å². The normalized spacial score (nSPS) is 13.2. The van der Waals surface area contributed by atoms with Crippen molar-refractivity contribution < 1.29 is 9.47 Å². The van der Waals surface area contributed by atoms with Crippen molar-refractivity contribution in [2.75, 3.05) is 7.11 Å². The summed E-state index contributed by atoms with van der Waals surface area (Å²) in [5, 5.41) is 0. The first kappa shape index (κ1) is 14.0. The highest BCUT2D eigenvalue weighted by atomic mass is 16.5. The molecule has 4 heteroatoms. The van der Waals surface area contributed by atoms with E-state index in [4.69, 9.17) is 15.2 Å². The van der Waals surface area contributed by atoms with Crippen LogP contribution in [-0.4, -0.2) is 12.1 Å². The Bertz CT molecular complexity index is 641. The summed E-state index contributed by atoms with van der Waals surface area (Å²) in [5.74, 6) is 1.40. The van der Waals surface area contributed by atoms with Crippen molar-refractivity contribution in [3.8, 4) is 11.6 Å². The fourth-order valence-electron chi connectivity index (χ4n) is 2.71. The topological polar surface area (TPSA) is 57.4 Å². The van der Waals surface area contributed by atoms with Gasteiger partial charge in [0.1, 0.15) is 5.75 Å². The smallest absolute Gasteiger partial charge is 0.223 e. The first-order chi connectivity index (χ1) is 10.3. The average Bonchev–Trinajstić information content (AvgIpc) is 2.94. The van der Waals surface area contributed by atoms with E-state index in [9.17, 15) is 0 Å². The standard InChI is InChI=1S/C17H20N2O2/c1-20-11-12-4-2-6-15(8-12)21-17-14(10-18)9-13-5-3-7-16(13)19-17/h2,4,6,8-9H,3,5,7,10-11,18H2,1H3. The first-order valence-electron chi connectivity index (χ1n) is 7.27. The average molecular weight is 284 g/mol. The van der Waals surface area contributed by atoms with Crippen molar-refractivity contribution in [2.24, 2.45) is 5.73 Å². The number of fused-ring (bicyclic) bond motifs is 1. The Balaban J connectivity index is 1.89. The maximum Gasteiger partial charge on any atom is 0.223 e. The Hall–Kier alpha value is -1.91. The second-order valence-corrected chi connectivity index (χ2v) is 5.30. The predicted molar refractivity (Wildman–Crippen MR) is 81.4 cm³/mol. The van der Waals surface area contributed by atoms with Crippen molar-refractivity contribution in [1.82, 2.24) is 4.98 Å². The molecule has 1 aromatic carbocycles. The van der Waals surface area contributed by atoms with Gasteiger partial charge >= 0.3 is 0 Å². The van der Waals surface area contributed by atoms with Crippen LogP contribution < -0.4 is 10.5 Å². The van der Waals surface area contributed by atoms with Crippen LogP contribution in [0.15, 0.2) is 30.3 Å². The van der Waals surface area contributed by atoms with E-state index in [2.05, 4.69) is 11.1 Å². The fourth-order valence-corrected chi connectivity index (χ4v) is 2.71. The molecule has 21 heavy (non-hydrogen) atoms. The summed E-state index contributed by atoms with van der Waals surface area (Å²) in [6, 6.07) is 10.0. The Morgan fingerprint density at radius 2 is 2.14 bits per heavy atom. The molecule has 3 rings (SSSR count). The van der Waals surface area contributed by atoms with Gasteiger partial charge in [-0.05, 0) is 48.6 Å². The van der Waals surface area contributed by atoms with E-state index in [-0.39, 0.29) is 0 Å². The minimum Gasteiger partial charge on any atom is -0.439 e. The number of nitrogens with zero attached hydrogens (tertiary/aromatic N) is 1. The first-order valence-corrected chi connectivity index (χ1v) is 7.27. The van der Waals surface area contributed by atoms with Crippen LogP contribution in [0.5, 0.6) is 11.6 Å². The molecule has 0 saturated heterocycles. The maximum atomic E-state index is 5.97. The number of pyridine rings is 1. The Morgan fingerprint density at radius 1 is 1.24 bits per heavy atom. The van der Waals surface area contributed by atoms with E-state index < -0.39 is 0 Å². The fraction of sp³-hybridized carbons (Fsp3) is 0.353. The third kappa shape index (κ3) is 3.06. The van der Waals surface area contributed by atoms with E-state index in [0.29, 0.717) is 19.0 Å². The molecule has 0 amide bonds. The number of benzene rings is 1. The molecular weight excluding hydrogens is 264 g/mol. The van der Waals surface area contributed by atoms with E-state index in [1.807, 2.05) is 24.3 Å². The third-order valence-corrected chi connectivity index (χ3v) is 3.73. The van der Waals surface area contributed by atoms with Gasteiger partial charge in [-0.15, -0.1) is 0 Å². The summed E-state index contributed by atoms with van der Waals surface area (Å²) in [5.41, 5.74) is 10.3. The van der Waals surface area contributed by atoms with Crippen molar-refractivity contribution >= 4 is 0 Å². The van der Waals surface area contributed by atoms with Crippen molar-refractivity contribution in [1.29, 1.82) is 0 Å². The molecule has 0 radical (unpaired) electrons. The SMILES string of the molecule is COCc1cccc(Oc2nc3c(cc2CN)CCC3)c1. The van der Waals surface area contributed by atoms with Gasteiger partial charge in [0.2, 0.25) is 5.88 Å². The molecule has 0 atom stereocenters. The predicted octanol–water partition coefficient (Wildman–Crippen LogP) is 2.97. The van der Waals surface area contributed by atoms with Gasteiger partial charge in [-0.3, -0.25) is 0 Å². The molecule has 0 bridgehead atoms. The van der Waals surface area contributed by atoms with Gasteiger partial charge in [0.05, 0.1) is 6.61 Å². The highest BCUT2D eigenvalue weighted by Gasteiger charge is 2.17. The van der Waals surface area contributed by atoms with Gasteiger partial charge in [0.25, 0.3) is 0 Å². The second-order valence-electron chi connectivity index (χ2n) is 5.30. The number of hydrogen-bond donors (Lipinski definition) is 1. The zero-order valence-electron chi connectivity index (χ0n) is 12.3. The lowest BCUT2D eigenvalue weighted by Crippen LogP contribution is -2.04. The van der Waals surface area contributed by atoms with E-state index >= 15 is 0 Å². The molecule has 0 fully saturated rings. The van der Waals surface area contributed by atoms with Crippen molar-refractivity contribution in [2.45, 2.75) is 32.4 Å². The summed E-state index contributed by atoms with van der Waals surface area (Å²) in [6.07, 6.45) is 3.29. The summed E-state index contributed by atoms with van der Waals surface area (Å²) in [4.78, 5) is 4.66. The molecule has 1 heterocycles. The number of methoxy groups -OCH3 is 1. The van der Waals surface area contributed by atoms with Crippen LogP contribution in [-0.2, 0) is 30.7 Å². The number of hydrogen-bond acceptors (Lipinski definition) is 4. The van der Waals surface area contributed by atoms with Gasteiger partial charge in [-0.1, -0.05) is 12.1 Å². The Kier molecular flexibility index (Phi) is 4.18. The van der Waals surface area contributed by atoms with Gasteiger partial charge in [0, 0.05) is 24.9 Å². The van der Waals surface area contributed by atoms with Crippen LogP contribution in [0.1, 0.15) is 28.8 Å². The van der Waals surface area contributed by atoms with Crippen LogP contribution >= 0.6 is 0 Å². The van der Waals surface area contributed by atoms with Gasteiger partial charge in [-0.25, -0.2) is 4.98 Å². The number of aromatic nitrogens is 1. The molecule has 0 unspecified atom stereocenters. The molecule has 2 aromatic rings. The quantitative estimate of drug-likeness (QED) is 0.917. The molecule has 1 aliphatic carbocycles. The molecule has 1 aromatic heterocycles. The van der Waals surface area contributed by atoms with E-state index in [0.717, 1.165) is 35.4 Å². The zero-order valence-corrected chi connectivity index (χ0v) is 12.3. The number of ether oxygens (including phenoxy) is 2. The molecule has 4 nitrogen and oxygen atoms in total. The summed E-state index contributed by atoms with van der Waals surface area (Å²) < 4.78 is 11.1. The summed E-state index contributed by atoms with van der Waals surface area (Å²) in [6.45, 7) is 1.01. The largest absolute Gasteiger partial charge is 0.439 e. The zero-order chi connectivity index (χ0) is 14.7. The van der Waals surface area contributed by atoms with Gasteiger partial charge < -0.3 is 15.2 Å². The summed E-state index contributed by atoms with van der Waals surface area (Å²) in [7, 11) is 1.68. The molecule has 2 N–H and O–H groups in total. The highest BCUT2D eigenvalue weighted by molar-refractivity contribution is 5.40. The minimum absolute atomic E-state index is 0.438.